The summed E-state index contributed by atoms with van der Waals surface area (Å²) in [6, 6.07) is 17.4. The van der Waals surface area contributed by atoms with Crippen LogP contribution in [-0.2, 0) is 19.6 Å². The number of imide groups is 1. The van der Waals surface area contributed by atoms with Crippen molar-refractivity contribution < 1.29 is 27.5 Å². The van der Waals surface area contributed by atoms with E-state index in [-0.39, 0.29) is 33.0 Å². The van der Waals surface area contributed by atoms with Gasteiger partial charge in [-0.3, -0.25) is 15.5 Å². The second kappa shape index (κ2) is 12.3. The molecule has 0 saturated heterocycles. The lowest BCUT2D eigenvalue weighted by Gasteiger charge is -2.12. The Morgan fingerprint density at radius 2 is 1.73 bits per heavy atom. The van der Waals surface area contributed by atoms with Gasteiger partial charge in [-0.15, -0.1) is 0 Å². The highest BCUT2D eigenvalue weighted by atomic mass is 35.5. The van der Waals surface area contributed by atoms with E-state index < -0.39 is 27.7 Å². The van der Waals surface area contributed by atoms with Gasteiger partial charge in [-0.25, -0.2) is 17.2 Å². The minimum Gasteiger partial charge on any atom is -0.454 e. The molecule has 0 saturated carbocycles. The number of ether oxygens (including phenoxy) is 2. The van der Waals surface area contributed by atoms with E-state index in [0.29, 0.717) is 16.7 Å². The smallest absolute Gasteiger partial charge is 0.414 e. The van der Waals surface area contributed by atoms with Crippen molar-refractivity contribution in [2.75, 3.05) is 12.0 Å². The number of carbonyl (C=O) groups excluding carboxylic acids is 2. The molecule has 4 aromatic rings. The maximum Gasteiger partial charge on any atom is 0.414 e. The third-order valence-electron chi connectivity index (χ3n) is 5.53. The number of aryl methyl sites for hydroxylation is 1. The molecule has 1 heterocycles. The molecular formula is C27H21Cl2N5O6S. The summed E-state index contributed by atoms with van der Waals surface area (Å²) >= 11 is 12.7. The van der Waals surface area contributed by atoms with Crippen LogP contribution in [0.3, 0.4) is 0 Å². The molecule has 0 aliphatic rings. The number of nitriles is 1. The van der Waals surface area contributed by atoms with Crippen LogP contribution in [0.1, 0.15) is 12.5 Å². The normalized spacial score (nSPS) is 11.5. The summed E-state index contributed by atoms with van der Waals surface area (Å²) in [4.78, 5) is 23.6. The number of alkyl carbamates (subject to hydrolysis) is 1. The van der Waals surface area contributed by atoms with Gasteiger partial charge in [0.05, 0.1) is 32.8 Å². The Hall–Kier alpha value is -4.57. The average molecular weight is 614 g/mol. The van der Waals surface area contributed by atoms with E-state index in [1.165, 1.54) is 22.3 Å². The first-order chi connectivity index (χ1) is 19.5. The van der Waals surface area contributed by atoms with E-state index in [1.807, 2.05) is 12.2 Å². The lowest BCUT2D eigenvalue weighted by molar-refractivity contribution is -0.114. The molecule has 0 bridgehead atoms. The standard InChI is InChI=1S/C27H21Cl2N5O6S/c1-3-39-27(36)31-26(35)23(15-30)33-32-18-13-21(28)25(22(29)14-18)40-19-6-9-24-17(12-19)10-11-34(24)41(37,38)20-7-4-16(2)5-8-20/h4-14,32H,3H2,1-2H3,(H,31,35,36)/b33-23-. The predicted molar refractivity (Wildman–Crippen MR) is 154 cm³/mol. The van der Waals surface area contributed by atoms with Gasteiger partial charge in [0.1, 0.15) is 11.8 Å². The number of halogens is 2. The highest BCUT2D eigenvalue weighted by Crippen LogP contribution is 2.39. The fraction of sp³-hybridized carbons (Fsp3) is 0.111. The van der Waals surface area contributed by atoms with Gasteiger partial charge < -0.3 is 9.47 Å². The summed E-state index contributed by atoms with van der Waals surface area (Å²) in [5, 5.41) is 15.5. The zero-order valence-electron chi connectivity index (χ0n) is 21.5. The van der Waals surface area contributed by atoms with Gasteiger partial charge in [-0.1, -0.05) is 40.9 Å². The third-order valence-corrected chi connectivity index (χ3v) is 7.80. The first-order valence-electron chi connectivity index (χ1n) is 11.9. The van der Waals surface area contributed by atoms with Crippen molar-refractivity contribution in [1.29, 1.82) is 5.26 Å². The average Bonchev–Trinajstić information content (AvgIpc) is 3.36. The largest absolute Gasteiger partial charge is 0.454 e. The topological polar surface area (TPSA) is 152 Å². The number of rotatable bonds is 8. The molecule has 41 heavy (non-hydrogen) atoms. The maximum absolute atomic E-state index is 13.2. The first-order valence-corrected chi connectivity index (χ1v) is 14.0. The zero-order chi connectivity index (χ0) is 29.7. The van der Waals surface area contributed by atoms with Crippen LogP contribution in [0.15, 0.2) is 76.9 Å². The molecule has 0 spiro atoms. The fourth-order valence-corrected chi connectivity index (χ4v) is 5.52. The summed E-state index contributed by atoms with van der Waals surface area (Å²) in [6.07, 6.45) is 0.447. The summed E-state index contributed by atoms with van der Waals surface area (Å²) < 4.78 is 38.0. The van der Waals surface area contributed by atoms with Crippen molar-refractivity contribution >= 4 is 67.5 Å². The summed E-state index contributed by atoms with van der Waals surface area (Å²) in [7, 11) is -3.81. The Balaban J connectivity index is 1.53. The van der Waals surface area contributed by atoms with Gasteiger partial charge in [0.2, 0.25) is 5.71 Å². The third kappa shape index (κ3) is 6.60. The van der Waals surface area contributed by atoms with Crippen molar-refractivity contribution in [2.45, 2.75) is 18.7 Å². The molecule has 0 fully saturated rings. The molecule has 0 atom stereocenters. The van der Waals surface area contributed by atoms with Crippen molar-refractivity contribution in [2.24, 2.45) is 5.10 Å². The second-order valence-corrected chi connectivity index (χ2v) is 11.0. The molecule has 0 radical (unpaired) electrons. The first kappa shape index (κ1) is 29.4. The number of aromatic nitrogens is 1. The maximum atomic E-state index is 13.2. The van der Waals surface area contributed by atoms with E-state index in [1.54, 1.807) is 61.5 Å². The van der Waals surface area contributed by atoms with Crippen LogP contribution >= 0.6 is 23.2 Å². The van der Waals surface area contributed by atoms with Gasteiger partial charge in [0.15, 0.2) is 5.75 Å². The highest BCUT2D eigenvalue weighted by molar-refractivity contribution is 7.90. The zero-order valence-corrected chi connectivity index (χ0v) is 23.8. The van der Waals surface area contributed by atoms with E-state index >= 15 is 0 Å². The molecule has 3 aromatic carbocycles. The van der Waals surface area contributed by atoms with Gasteiger partial charge >= 0.3 is 6.09 Å². The Morgan fingerprint density at radius 1 is 1.05 bits per heavy atom. The number of nitrogens with zero attached hydrogens (tertiary/aromatic N) is 3. The minimum absolute atomic E-state index is 0.0400. The number of anilines is 1. The van der Waals surface area contributed by atoms with Crippen molar-refractivity contribution in [3.63, 3.8) is 0 Å². The number of benzene rings is 3. The fourth-order valence-electron chi connectivity index (χ4n) is 3.60. The Morgan fingerprint density at radius 3 is 2.37 bits per heavy atom. The van der Waals surface area contributed by atoms with E-state index in [2.05, 4.69) is 15.3 Å². The van der Waals surface area contributed by atoms with Crippen LogP contribution in [0.5, 0.6) is 11.5 Å². The van der Waals surface area contributed by atoms with Crippen LogP contribution in [0, 0.1) is 18.3 Å². The molecule has 2 amide bonds. The number of nitrogens with one attached hydrogen (secondary N) is 2. The van der Waals surface area contributed by atoms with Crippen molar-refractivity contribution in [3.8, 4) is 17.6 Å². The second-order valence-electron chi connectivity index (χ2n) is 8.38. The van der Waals surface area contributed by atoms with E-state index in [4.69, 9.17) is 27.9 Å². The number of hydrogen-bond donors (Lipinski definition) is 2. The van der Waals surface area contributed by atoms with Crippen molar-refractivity contribution in [1.82, 2.24) is 9.29 Å². The lowest BCUT2D eigenvalue weighted by atomic mass is 10.2. The Bertz CT molecular complexity index is 1810. The molecule has 0 aliphatic carbocycles. The number of amides is 2. The summed E-state index contributed by atoms with van der Waals surface area (Å²) in [6.45, 7) is 3.47. The molecule has 11 nitrogen and oxygen atoms in total. The van der Waals surface area contributed by atoms with Crippen LogP contribution < -0.4 is 15.5 Å². The number of carbonyl (C=O) groups is 2. The number of hydrazone groups is 1. The molecule has 2 N–H and O–H groups in total. The van der Waals surface area contributed by atoms with Crippen LogP contribution in [0.25, 0.3) is 10.9 Å². The minimum atomic E-state index is -3.81. The van der Waals surface area contributed by atoms with Crippen LogP contribution in [0.2, 0.25) is 10.0 Å². The quantitative estimate of drug-likeness (QED) is 0.185. The molecule has 0 unspecified atom stereocenters. The molecule has 0 aliphatic heterocycles. The Labute approximate surface area is 244 Å². The lowest BCUT2D eigenvalue weighted by Crippen LogP contribution is -2.36. The van der Waals surface area contributed by atoms with E-state index in [9.17, 15) is 23.3 Å². The Kier molecular flexibility index (Phi) is 8.83. The molecule has 14 heteroatoms. The predicted octanol–water partition coefficient (Wildman–Crippen LogP) is 5.85. The van der Waals surface area contributed by atoms with Crippen LogP contribution in [-0.4, -0.2) is 36.7 Å². The summed E-state index contributed by atoms with van der Waals surface area (Å²) in [5.74, 6) is -0.617. The summed E-state index contributed by atoms with van der Waals surface area (Å²) in [5.41, 5.74) is 3.46. The van der Waals surface area contributed by atoms with Crippen LogP contribution in [0.4, 0.5) is 10.5 Å². The monoisotopic (exact) mass is 613 g/mol. The van der Waals surface area contributed by atoms with E-state index in [0.717, 1.165) is 5.56 Å². The van der Waals surface area contributed by atoms with Gasteiger partial charge in [0, 0.05) is 11.6 Å². The molecule has 210 valence electrons. The number of fused-ring (bicyclic) bond motifs is 1. The molecular weight excluding hydrogens is 593 g/mol. The number of hydrogen-bond acceptors (Lipinski definition) is 9. The van der Waals surface area contributed by atoms with Gasteiger partial charge in [-0.2, -0.15) is 10.4 Å². The molecule has 1 aromatic heterocycles. The SMILES string of the molecule is CCOC(=O)NC(=O)/C(C#N)=N\Nc1cc(Cl)c(Oc2ccc3c(ccn3S(=O)(=O)c3ccc(C)cc3)c2)c(Cl)c1. The molecule has 4 rings (SSSR count). The van der Waals surface area contributed by atoms with Gasteiger partial charge in [-0.05, 0) is 62.4 Å². The highest BCUT2D eigenvalue weighted by Gasteiger charge is 2.20. The van der Waals surface area contributed by atoms with Crippen molar-refractivity contribution in [3.05, 3.63) is 82.5 Å². The van der Waals surface area contributed by atoms with Gasteiger partial charge in [0.25, 0.3) is 15.9 Å².